The SMILES string of the molecule is Cc1c(N(Cc2ccc(OC3CCCC3)cc2)S(=O)c2ccc(C(=O)O)cc2)ncc2ccccc12. The van der Waals surface area contributed by atoms with Crippen LogP contribution in [-0.2, 0) is 17.5 Å². The Morgan fingerprint density at radius 1 is 1.03 bits per heavy atom. The number of aromatic carboxylic acids is 1. The second-order valence-electron chi connectivity index (χ2n) is 9.08. The van der Waals surface area contributed by atoms with Crippen molar-refractivity contribution in [1.29, 1.82) is 0 Å². The fourth-order valence-corrected chi connectivity index (χ4v) is 5.87. The standard InChI is InChI=1S/C29H28N2O4S/c1-20-27-9-5-2-6-23(27)18-30-28(20)31(36(34)26-16-12-22(13-17-26)29(32)33)19-21-10-14-25(15-11-21)35-24-7-3-4-8-24/h2,5-6,9-18,24H,3-4,7-8,19H2,1H3,(H,32,33). The number of carboxylic acids is 1. The lowest BCUT2D eigenvalue weighted by molar-refractivity contribution is 0.0696. The number of carbonyl (C=O) groups is 1. The maximum atomic E-state index is 13.8. The number of pyridine rings is 1. The molecule has 0 aliphatic heterocycles. The third-order valence-electron chi connectivity index (χ3n) is 6.62. The predicted molar refractivity (Wildman–Crippen MR) is 142 cm³/mol. The quantitative estimate of drug-likeness (QED) is 0.307. The minimum absolute atomic E-state index is 0.153. The van der Waals surface area contributed by atoms with E-state index in [-0.39, 0.29) is 11.7 Å². The van der Waals surface area contributed by atoms with E-state index in [4.69, 9.17) is 9.72 Å². The van der Waals surface area contributed by atoms with Crippen LogP contribution < -0.4 is 9.04 Å². The number of benzene rings is 3. The number of aryl methyl sites for hydroxylation is 1. The van der Waals surface area contributed by atoms with Crippen LogP contribution in [0.4, 0.5) is 5.82 Å². The summed E-state index contributed by atoms with van der Waals surface area (Å²) in [4.78, 5) is 16.5. The predicted octanol–water partition coefficient (Wildman–Crippen LogP) is 6.29. The molecule has 1 atom stereocenters. The number of aromatic nitrogens is 1. The molecule has 0 spiro atoms. The van der Waals surface area contributed by atoms with E-state index >= 15 is 0 Å². The van der Waals surface area contributed by atoms with Crippen LogP contribution in [0.3, 0.4) is 0 Å². The third kappa shape index (κ3) is 5.11. The maximum absolute atomic E-state index is 13.8. The van der Waals surface area contributed by atoms with E-state index in [1.807, 2.05) is 55.5 Å². The van der Waals surface area contributed by atoms with Gasteiger partial charge in [-0.25, -0.2) is 14.0 Å². The Morgan fingerprint density at radius 3 is 2.42 bits per heavy atom. The van der Waals surface area contributed by atoms with Crippen LogP contribution in [0.5, 0.6) is 5.75 Å². The summed E-state index contributed by atoms with van der Waals surface area (Å²) in [5.74, 6) is 0.458. The molecule has 1 N–H and O–H groups in total. The molecule has 36 heavy (non-hydrogen) atoms. The largest absolute Gasteiger partial charge is 0.490 e. The highest BCUT2D eigenvalue weighted by Gasteiger charge is 2.22. The van der Waals surface area contributed by atoms with E-state index in [0.717, 1.165) is 40.5 Å². The van der Waals surface area contributed by atoms with Crippen molar-refractivity contribution in [3.8, 4) is 5.75 Å². The van der Waals surface area contributed by atoms with Crippen molar-refractivity contribution < 1.29 is 18.8 Å². The van der Waals surface area contributed by atoms with Gasteiger partial charge in [0.05, 0.1) is 23.1 Å². The number of rotatable bonds is 8. The molecule has 1 unspecified atom stereocenters. The molecule has 1 fully saturated rings. The van der Waals surface area contributed by atoms with Crippen molar-refractivity contribution >= 4 is 33.5 Å². The van der Waals surface area contributed by atoms with Gasteiger partial charge in [-0.05, 0) is 80.0 Å². The molecule has 5 rings (SSSR count). The summed E-state index contributed by atoms with van der Waals surface area (Å²) in [6, 6.07) is 22.1. The highest BCUT2D eigenvalue weighted by molar-refractivity contribution is 7.86. The van der Waals surface area contributed by atoms with Gasteiger partial charge in [0.25, 0.3) is 0 Å². The fraction of sp³-hybridized carbons (Fsp3) is 0.241. The van der Waals surface area contributed by atoms with E-state index in [1.54, 1.807) is 22.6 Å². The van der Waals surface area contributed by atoms with Crippen molar-refractivity contribution in [3.05, 3.63) is 95.7 Å². The molecular formula is C29H28N2O4S. The Labute approximate surface area is 213 Å². The van der Waals surface area contributed by atoms with Crippen LogP contribution in [0.1, 0.15) is 47.2 Å². The van der Waals surface area contributed by atoms with Crippen molar-refractivity contribution in [3.63, 3.8) is 0 Å². The highest BCUT2D eigenvalue weighted by atomic mass is 32.2. The van der Waals surface area contributed by atoms with Gasteiger partial charge in [-0.15, -0.1) is 0 Å². The second-order valence-corrected chi connectivity index (χ2v) is 10.5. The van der Waals surface area contributed by atoms with Gasteiger partial charge in [0.15, 0.2) is 11.0 Å². The maximum Gasteiger partial charge on any atom is 0.335 e. The molecule has 6 nitrogen and oxygen atoms in total. The van der Waals surface area contributed by atoms with Crippen LogP contribution >= 0.6 is 0 Å². The Kier molecular flexibility index (Phi) is 7.00. The van der Waals surface area contributed by atoms with Crippen LogP contribution in [0, 0.1) is 6.92 Å². The number of ether oxygens (including phenoxy) is 1. The van der Waals surface area contributed by atoms with Crippen molar-refractivity contribution in [2.75, 3.05) is 4.31 Å². The molecule has 7 heteroatoms. The average molecular weight is 501 g/mol. The first-order valence-corrected chi connectivity index (χ1v) is 13.2. The molecule has 3 aromatic carbocycles. The lowest BCUT2D eigenvalue weighted by atomic mass is 10.1. The Morgan fingerprint density at radius 2 is 1.72 bits per heavy atom. The van der Waals surface area contributed by atoms with E-state index in [9.17, 15) is 14.1 Å². The van der Waals surface area contributed by atoms with Gasteiger partial charge in [-0.2, -0.15) is 0 Å². The number of carboxylic acid groups (broad SMARTS) is 1. The molecule has 184 valence electrons. The summed E-state index contributed by atoms with van der Waals surface area (Å²) in [5.41, 5.74) is 2.06. The molecule has 0 amide bonds. The number of anilines is 1. The molecular weight excluding hydrogens is 472 g/mol. The van der Waals surface area contributed by atoms with Gasteiger partial charge in [0, 0.05) is 17.1 Å². The molecule has 1 saturated carbocycles. The summed E-state index contributed by atoms with van der Waals surface area (Å²) in [6.07, 6.45) is 6.72. The van der Waals surface area contributed by atoms with Crippen molar-refractivity contribution in [2.45, 2.75) is 50.2 Å². The zero-order valence-electron chi connectivity index (χ0n) is 20.1. The summed E-state index contributed by atoms with van der Waals surface area (Å²) in [6.45, 7) is 2.35. The highest BCUT2D eigenvalue weighted by Crippen LogP contribution is 2.30. The van der Waals surface area contributed by atoms with Crippen LogP contribution in [0.25, 0.3) is 10.8 Å². The van der Waals surface area contributed by atoms with Gasteiger partial charge in [-0.1, -0.05) is 36.4 Å². The minimum atomic E-state index is -1.61. The molecule has 4 aromatic rings. The van der Waals surface area contributed by atoms with Crippen LogP contribution in [-0.4, -0.2) is 26.4 Å². The zero-order valence-corrected chi connectivity index (χ0v) is 20.9. The first kappa shape index (κ1) is 24.0. The van der Waals surface area contributed by atoms with Gasteiger partial charge in [0.1, 0.15) is 11.6 Å². The lowest BCUT2D eigenvalue weighted by Gasteiger charge is -2.25. The average Bonchev–Trinajstić information content (AvgIpc) is 3.42. The van der Waals surface area contributed by atoms with Gasteiger partial charge in [-0.3, -0.25) is 4.31 Å². The summed E-state index contributed by atoms with van der Waals surface area (Å²) in [5, 5.41) is 11.3. The molecule has 1 heterocycles. The van der Waals surface area contributed by atoms with E-state index < -0.39 is 17.0 Å². The molecule has 0 saturated heterocycles. The fourth-order valence-electron chi connectivity index (χ4n) is 4.64. The summed E-state index contributed by atoms with van der Waals surface area (Å²) >= 11 is 0. The van der Waals surface area contributed by atoms with Crippen molar-refractivity contribution in [1.82, 2.24) is 4.98 Å². The zero-order chi connectivity index (χ0) is 25.1. The monoisotopic (exact) mass is 500 g/mol. The number of hydrogen-bond acceptors (Lipinski definition) is 4. The second kappa shape index (κ2) is 10.5. The van der Waals surface area contributed by atoms with Crippen LogP contribution in [0.2, 0.25) is 0 Å². The topological polar surface area (TPSA) is 79.7 Å². The van der Waals surface area contributed by atoms with E-state index in [1.165, 1.54) is 25.0 Å². The number of nitrogens with zero attached hydrogens (tertiary/aromatic N) is 2. The molecule has 1 aliphatic carbocycles. The number of fused-ring (bicyclic) bond motifs is 1. The Bertz CT molecular complexity index is 1400. The first-order valence-electron chi connectivity index (χ1n) is 12.1. The molecule has 1 aliphatic rings. The molecule has 0 bridgehead atoms. The minimum Gasteiger partial charge on any atom is -0.490 e. The third-order valence-corrected chi connectivity index (χ3v) is 8.00. The van der Waals surface area contributed by atoms with E-state index in [2.05, 4.69) is 0 Å². The van der Waals surface area contributed by atoms with Gasteiger partial charge >= 0.3 is 5.97 Å². The lowest BCUT2D eigenvalue weighted by Crippen LogP contribution is -2.27. The summed E-state index contributed by atoms with van der Waals surface area (Å²) < 4.78 is 21.7. The van der Waals surface area contributed by atoms with Gasteiger partial charge in [0.2, 0.25) is 0 Å². The normalized spacial score (nSPS) is 14.6. The first-order chi connectivity index (χ1) is 17.5. The van der Waals surface area contributed by atoms with E-state index in [0.29, 0.717) is 17.3 Å². The van der Waals surface area contributed by atoms with Gasteiger partial charge < -0.3 is 9.84 Å². The smallest absolute Gasteiger partial charge is 0.335 e. The van der Waals surface area contributed by atoms with Crippen LogP contribution in [0.15, 0.2) is 83.9 Å². The van der Waals surface area contributed by atoms with Crippen molar-refractivity contribution in [2.24, 2.45) is 0 Å². The Hall–Kier alpha value is -3.71. The molecule has 1 aromatic heterocycles. The Balaban J connectivity index is 1.47. The number of hydrogen-bond donors (Lipinski definition) is 1. The summed E-state index contributed by atoms with van der Waals surface area (Å²) in [7, 11) is -1.61. The molecule has 0 radical (unpaired) electrons.